The maximum absolute atomic E-state index is 6.60. The first-order valence-corrected chi connectivity index (χ1v) is 20.1. The van der Waals surface area contributed by atoms with E-state index < -0.39 is 0 Å². The molecule has 9 aromatic carbocycles. The van der Waals surface area contributed by atoms with Crippen LogP contribution in [0.4, 0.5) is 0 Å². The van der Waals surface area contributed by atoms with Crippen molar-refractivity contribution in [2.75, 3.05) is 0 Å². The second-order valence-electron chi connectivity index (χ2n) is 15.1. The standard InChI is InChI=1S/C55H33N3O2/c1-2-14-36(15-3-1)53-56-54(37-29-27-35(28-30-37)42-20-10-16-34-13-4-5-17-41(34)42)58-55(57-53)40-32-38(43-21-11-23-47-45-18-6-8-25-49(45)59-51(43)47)31-39(33-40)44-22-12-24-48-46-19-7-9-26-50(46)60-52(44)48/h1-33H. The number of nitrogens with zero attached hydrogens (tertiary/aromatic N) is 3. The number of furan rings is 2. The summed E-state index contributed by atoms with van der Waals surface area (Å²) in [4.78, 5) is 15.5. The second kappa shape index (κ2) is 13.8. The van der Waals surface area contributed by atoms with Gasteiger partial charge in [0.15, 0.2) is 17.5 Å². The third-order valence-electron chi connectivity index (χ3n) is 11.5. The summed E-state index contributed by atoms with van der Waals surface area (Å²) in [7, 11) is 0. The number of rotatable bonds is 6. The van der Waals surface area contributed by atoms with E-state index in [4.69, 9.17) is 23.8 Å². The molecule has 0 saturated heterocycles. The van der Waals surface area contributed by atoms with E-state index in [-0.39, 0.29) is 0 Å². The summed E-state index contributed by atoms with van der Waals surface area (Å²) in [6, 6.07) is 69.2. The van der Waals surface area contributed by atoms with Gasteiger partial charge in [0.05, 0.1) is 0 Å². The van der Waals surface area contributed by atoms with Crippen molar-refractivity contribution < 1.29 is 8.83 Å². The van der Waals surface area contributed by atoms with Crippen molar-refractivity contribution in [1.82, 2.24) is 15.0 Å². The summed E-state index contributed by atoms with van der Waals surface area (Å²) >= 11 is 0. The zero-order valence-corrected chi connectivity index (χ0v) is 32.2. The fourth-order valence-corrected chi connectivity index (χ4v) is 8.64. The number of benzene rings is 9. The minimum atomic E-state index is 0.564. The van der Waals surface area contributed by atoms with E-state index in [9.17, 15) is 0 Å². The molecule has 5 heteroatoms. The van der Waals surface area contributed by atoms with Crippen LogP contribution in [-0.4, -0.2) is 15.0 Å². The van der Waals surface area contributed by atoms with Crippen LogP contribution in [0.1, 0.15) is 0 Å². The fraction of sp³-hybridized carbons (Fsp3) is 0. The molecule has 12 aromatic rings. The van der Waals surface area contributed by atoms with E-state index in [0.717, 1.165) is 88.4 Å². The minimum absolute atomic E-state index is 0.564. The van der Waals surface area contributed by atoms with Crippen LogP contribution in [0.2, 0.25) is 0 Å². The number of fused-ring (bicyclic) bond motifs is 7. The van der Waals surface area contributed by atoms with Gasteiger partial charge in [-0.3, -0.25) is 0 Å². The van der Waals surface area contributed by atoms with E-state index in [1.807, 2.05) is 54.6 Å². The maximum atomic E-state index is 6.60. The summed E-state index contributed by atoms with van der Waals surface area (Å²) in [5.41, 5.74) is 12.2. The number of aromatic nitrogens is 3. The van der Waals surface area contributed by atoms with Gasteiger partial charge in [0.2, 0.25) is 0 Å². The first-order valence-electron chi connectivity index (χ1n) is 20.1. The number of hydrogen-bond acceptors (Lipinski definition) is 5. The lowest BCUT2D eigenvalue weighted by molar-refractivity contribution is 0.670. The van der Waals surface area contributed by atoms with Crippen LogP contribution in [0, 0.1) is 0 Å². The molecule has 60 heavy (non-hydrogen) atoms. The summed E-state index contributed by atoms with van der Waals surface area (Å²) in [5.74, 6) is 1.75. The van der Waals surface area contributed by atoms with Crippen LogP contribution in [-0.2, 0) is 0 Å². The van der Waals surface area contributed by atoms with Crippen molar-refractivity contribution in [2.24, 2.45) is 0 Å². The summed E-state index contributed by atoms with van der Waals surface area (Å²) in [6.45, 7) is 0. The van der Waals surface area contributed by atoms with E-state index in [1.54, 1.807) is 0 Å². The highest BCUT2D eigenvalue weighted by Crippen LogP contribution is 2.42. The summed E-state index contributed by atoms with van der Waals surface area (Å²) in [5, 5.41) is 6.72. The Morgan fingerprint density at radius 2 is 0.683 bits per heavy atom. The van der Waals surface area contributed by atoms with Gasteiger partial charge in [-0.2, -0.15) is 0 Å². The molecule has 280 valence electrons. The van der Waals surface area contributed by atoms with Crippen LogP contribution in [0.15, 0.2) is 209 Å². The highest BCUT2D eigenvalue weighted by molar-refractivity contribution is 6.11. The van der Waals surface area contributed by atoms with Crippen molar-refractivity contribution in [2.45, 2.75) is 0 Å². The topological polar surface area (TPSA) is 65.0 Å². The Morgan fingerprint density at radius 3 is 1.30 bits per heavy atom. The molecule has 5 nitrogen and oxygen atoms in total. The van der Waals surface area contributed by atoms with Crippen molar-refractivity contribution >= 4 is 54.6 Å². The normalized spacial score (nSPS) is 11.7. The van der Waals surface area contributed by atoms with Gasteiger partial charge in [-0.15, -0.1) is 0 Å². The van der Waals surface area contributed by atoms with Gasteiger partial charge in [0, 0.05) is 49.4 Å². The number of hydrogen-bond donors (Lipinski definition) is 0. The molecule has 0 spiro atoms. The van der Waals surface area contributed by atoms with Gasteiger partial charge in [-0.25, -0.2) is 15.0 Å². The van der Waals surface area contributed by atoms with Gasteiger partial charge < -0.3 is 8.83 Å². The molecule has 0 aliphatic rings. The van der Waals surface area contributed by atoms with Crippen molar-refractivity contribution in [3.63, 3.8) is 0 Å². The van der Waals surface area contributed by atoms with E-state index in [1.165, 1.54) is 16.3 Å². The average Bonchev–Trinajstić information content (AvgIpc) is 3.90. The Kier molecular flexibility index (Phi) is 7.78. The smallest absolute Gasteiger partial charge is 0.164 e. The molecule has 0 fully saturated rings. The van der Waals surface area contributed by atoms with Crippen LogP contribution in [0.3, 0.4) is 0 Å². The summed E-state index contributed by atoms with van der Waals surface area (Å²) < 4.78 is 13.2. The number of para-hydroxylation sites is 4. The lowest BCUT2D eigenvalue weighted by atomic mass is 9.94. The van der Waals surface area contributed by atoms with Crippen LogP contribution >= 0.6 is 0 Å². The molecule has 0 bridgehead atoms. The van der Waals surface area contributed by atoms with Crippen LogP contribution in [0.25, 0.3) is 122 Å². The molecule has 0 aliphatic heterocycles. The first-order chi connectivity index (χ1) is 29.7. The minimum Gasteiger partial charge on any atom is -0.455 e. The Hall–Kier alpha value is -8.15. The van der Waals surface area contributed by atoms with E-state index in [2.05, 4.69) is 146 Å². The van der Waals surface area contributed by atoms with Crippen molar-refractivity contribution in [3.05, 3.63) is 200 Å². The van der Waals surface area contributed by atoms with Crippen LogP contribution in [0.5, 0.6) is 0 Å². The third-order valence-corrected chi connectivity index (χ3v) is 11.5. The van der Waals surface area contributed by atoms with Gasteiger partial charge in [0.25, 0.3) is 0 Å². The molecule has 0 amide bonds. The monoisotopic (exact) mass is 767 g/mol. The second-order valence-corrected chi connectivity index (χ2v) is 15.1. The predicted molar refractivity (Wildman–Crippen MR) is 245 cm³/mol. The third kappa shape index (κ3) is 5.67. The molecular weight excluding hydrogens is 735 g/mol. The molecular formula is C55H33N3O2. The lowest BCUT2D eigenvalue weighted by Crippen LogP contribution is -2.00. The molecule has 0 aliphatic carbocycles. The highest BCUT2D eigenvalue weighted by atomic mass is 16.3. The van der Waals surface area contributed by atoms with Gasteiger partial charge >= 0.3 is 0 Å². The van der Waals surface area contributed by atoms with Gasteiger partial charge in [0.1, 0.15) is 22.3 Å². The van der Waals surface area contributed by atoms with E-state index >= 15 is 0 Å². The Morgan fingerprint density at radius 1 is 0.267 bits per heavy atom. The highest BCUT2D eigenvalue weighted by Gasteiger charge is 2.20. The molecule has 0 saturated carbocycles. The molecule has 3 aromatic heterocycles. The lowest BCUT2D eigenvalue weighted by Gasteiger charge is -2.13. The summed E-state index contributed by atoms with van der Waals surface area (Å²) in [6.07, 6.45) is 0. The molecule has 3 heterocycles. The molecule has 0 atom stereocenters. The molecule has 0 radical (unpaired) electrons. The van der Waals surface area contributed by atoms with Crippen molar-refractivity contribution in [3.8, 4) is 67.5 Å². The average molecular weight is 768 g/mol. The fourth-order valence-electron chi connectivity index (χ4n) is 8.64. The zero-order valence-electron chi connectivity index (χ0n) is 32.2. The SMILES string of the molecule is c1ccc(-c2nc(-c3ccc(-c4cccc5ccccc45)cc3)nc(-c3cc(-c4cccc5c4oc4ccccc45)cc(-c4cccc5c4oc4ccccc45)c3)n2)cc1. The molecule has 12 rings (SSSR count). The molecule has 0 unspecified atom stereocenters. The van der Waals surface area contributed by atoms with Crippen LogP contribution < -0.4 is 0 Å². The van der Waals surface area contributed by atoms with Gasteiger partial charge in [-0.1, -0.05) is 170 Å². The van der Waals surface area contributed by atoms with Crippen molar-refractivity contribution in [1.29, 1.82) is 0 Å². The predicted octanol–water partition coefficient (Wildman–Crippen LogP) is 14.8. The zero-order chi connectivity index (χ0) is 39.6. The largest absolute Gasteiger partial charge is 0.455 e. The van der Waals surface area contributed by atoms with Gasteiger partial charge in [-0.05, 0) is 63.4 Å². The Balaban J connectivity index is 1.07. The molecule has 0 N–H and O–H groups in total. The Labute approximate surface area is 344 Å². The Bertz CT molecular complexity index is 3470. The van der Waals surface area contributed by atoms with E-state index in [0.29, 0.717) is 17.5 Å². The quantitative estimate of drug-likeness (QED) is 0.169. The maximum Gasteiger partial charge on any atom is 0.164 e. The first kappa shape index (κ1) is 33.9.